The van der Waals surface area contributed by atoms with E-state index in [9.17, 15) is 13.2 Å². The zero-order valence-corrected chi connectivity index (χ0v) is 16.3. The molecule has 0 spiro atoms. The Morgan fingerprint density at radius 1 is 1.18 bits per heavy atom. The van der Waals surface area contributed by atoms with Crippen LogP contribution in [0.1, 0.15) is 17.0 Å². The highest BCUT2D eigenvalue weighted by molar-refractivity contribution is 7.80. The van der Waals surface area contributed by atoms with Gasteiger partial charge in [0.05, 0.1) is 10.6 Å². The minimum absolute atomic E-state index is 0.208. The maximum absolute atomic E-state index is 12.9. The Hall–Kier alpha value is -2.58. The highest BCUT2D eigenvalue weighted by Crippen LogP contribution is 2.36. The largest absolute Gasteiger partial charge is 0.417 e. The number of imidazole rings is 1. The van der Waals surface area contributed by atoms with Crippen molar-refractivity contribution in [1.82, 2.24) is 14.9 Å². The SMILES string of the molecule is Cc1nccn1-c1ccc(CNC(=S)Nc2ccc(Cl)c(C(F)(F)F)c2)cc1. The maximum atomic E-state index is 12.9. The topological polar surface area (TPSA) is 41.9 Å². The summed E-state index contributed by atoms with van der Waals surface area (Å²) in [5.41, 5.74) is 1.26. The molecule has 2 aromatic carbocycles. The number of aryl methyl sites for hydroxylation is 1. The molecule has 146 valence electrons. The Balaban J connectivity index is 1.60. The van der Waals surface area contributed by atoms with E-state index in [1.807, 2.05) is 42.0 Å². The van der Waals surface area contributed by atoms with E-state index < -0.39 is 11.7 Å². The van der Waals surface area contributed by atoms with Crippen LogP contribution < -0.4 is 10.6 Å². The zero-order valence-electron chi connectivity index (χ0n) is 14.7. The predicted molar refractivity (Wildman–Crippen MR) is 108 cm³/mol. The van der Waals surface area contributed by atoms with Gasteiger partial charge in [-0.1, -0.05) is 23.7 Å². The van der Waals surface area contributed by atoms with Crippen LogP contribution in [0.25, 0.3) is 5.69 Å². The number of alkyl halides is 3. The van der Waals surface area contributed by atoms with Crippen molar-refractivity contribution in [3.8, 4) is 5.69 Å². The molecule has 0 aliphatic carbocycles. The normalized spacial score (nSPS) is 11.3. The third kappa shape index (κ3) is 4.82. The van der Waals surface area contributed by atoms with Crippen molar-refractivity contribution in [1.29, 1.82) is 0 Å². The number of anilines is 1. The van der Waals surface area contributed by atoms with E-state index in [1.54, 1.807) is 6.20 Å². The van der Waals surface area contributed by atoms with Crippen molar-refractivity contribution in [3.63, 3.8) is 0 Å². The summed E-state index contributed by atoms with van der Waals surface area (Å²) in [4.78, 5) is 4.19. The van der Waals surface area contributed by atoms with Gasteiger partial charge in [-0.2, -0.15) is 13.2 Å². The molecular formula is C19H16ClF3N4S. The van der Waals surface area contributed by atoms with Gasteiger partial charge in [-0.25, -0.2) is 4.98 Å². The second kappa shape index (κ2) is 8.20. The van der Waals surface area contributed by atoms with Crippen LogP contribution in [0, 0.1) is 6.92 Å². The molecule has 0 radical (unpaired) electrons. The number of thiocarbonyl (C=S) groups is 1. The molecule has 1 heterocycles. The van der Waals surface area contributed by atoms with Crippen molar-refractivity contribution in [2.45, 2.75) is 19.6 Å². The lowest BCUT2D eigenvalue weighted by molar-refractivity contribution is -0.137. The Morgan fingerprint density at radius 2 is 1.89 bits per heavy atom. The van der Waals surface area contributed by atoms with Crippen LogP contribution in [0.5, 0.6) is 0 Å². The molecule has 0 fully saturated rings. The molecule has 3 aromatic rings. The van der Waals surface area contributed by atoms with E-state index in [1.165, 1.54) is 12.1 Å². The van der Waals surface area contributed by atoms with Crippen molar-refractivity contribution in [3.05, 3.63) is 76.8 Å². The van der Waals surface area contributed by atoms with E-state index in [0.29, 0.717) is 6.54 Å². The highest BCUT2D eigenvalue weighted by atomic mass is 35.5. The summed E-state index contributed by atoms with van der Waals surface area (Å²) in [5, 5.41) is 5.57. The van der Waals surface area contributed by atoms with Gasteiger partial charge in [-0.3, -0.25) is 0 Å². The average Bonchev–Trinajstić information content (AvgIpc) is 3.07. The molecule has 0 aliphatic heterocycles. The molecule has 0 saturated heterocycles. The van der Waals surface area contributed by atoms with Crippen molar-refractivity contribution < 1.29 is 13.2 Å². The molecule has 1 aromatic heterocycles. The summed E-state index contributed by atoms with van der Waals surface area (Å²) < 4.78 is 40.7. The number of nitrogens with one attached hydrogen (secondary N) is 2. The third-order valence-electron chi connectivity index (χ3n) is 4.02. The van der Waals surface area contributed by atoms with Gasteiger partial charge < -0.3 is 15.2 Å². The number of rotatable bonds is 4. The molecule has 0 aliphatic rings. The minimum atomic E-state index is -4.53. The molecule has 3 rings (SSSR count). The van der Waals surface area contributed by atoms with E-state index in [4.69, 9.17) is 23.8 Å². The van der Waals surface area contributed by atoms with Gasteiger partial charge in [0.15, 0.2) is 5.11 Å². The average molecular weight is 425 g/mol. The van der Waals surface area contributed by atoms with Crippen molar-refractivity contribution >= 4 is 34.6 Å². The molecule has 2 N–H and O–H groups in total. The monoisotopic (exact) mass is 424 g/mol. The van der Waals surface area contributed by atoms with Crippen molar-refractivity contribution in [2.24, 2.45) is 0 Å². The first-order valence-electron chi connectivity index (χ1n) is 8.25. The van der Waals surface area contributed by atoms with Crippen LogP contribution >= 0.6 is 23.8 Å². The second-order valence-corrected chi connectivity index (χ2v) is 6.83. The minimum Gasteiger partial charge on any atom is -0.358 e. The first-order valence-corrected chi connectivity index (χ1v) is 9.03. The molecule has 28 heavy (non-hydrogen) atoms. The number of aromatic nitrogens is 2. The number of nitrogens with zero attached hydrogens (tertiary/aromatic N) is 2. The summed E-state index contributed by atoms with van der Waals surface area (Å²) in [6.07, 6.45) is -0.919. The third-order valence-corrected chi connectivity index (χ3v) is 4.60. The quantitative estimate of drug-likeness (QED) is 0.555. The van der Waals surface area contributed by atoms with Crippen LogP contribution in [0.2, 0.25) is 5.02 Å². The fourth-order valence-electron chi connectivity index (χ4n) is 2.60. The van der Waals surface area contributed by atoms with Gasteiger partial charge in [0.2, 0.25) is 0 Å². The molecule has 0 amide bonds. The molecule has 0 bridgehead atoms. The summed E-state index contributed by atoms with van der Waals surface area (Å²) >= 11 is 10.8. The smallest absolute Gasteiger partial charge is 0.358 e. The Kier molecular flexibility index (Phi) is 5.90. The first-order chi connectivity index (χ1) is 13.2. The van der Waals surface area contributed by atoms with Gasteiger partial charge in [0.1, 0.15) is 5.82 Å². The second-order valence-electron chi connectivity index (χ2n) is 6.01. The lowest BCUT2D eigenvalue weighted by atomic mass is 10.2. The fourth-order valence-corrected chi connectivity index (χ4v) is 3.02. The number of hydrogen-bond acceptors (Lipinski definition) is 2. The summed E-state index contributed by atoms with van der Waals surface area (Å²) in [7, 11) is 0. The standard InChI is InChI=1S/C19H16ClF3N4S/c1-12-24-8-9-27(12)15-5-2-13(3-6-15)11-25-18(28)26-14-4-7-17(20)16(10-14)19(21,22)23/h2-10H,11H2,1H3,(H2,25,26,28). The summed E-state index contributed by atoms with van der Waals surface area (Å²) in [6.45, 7) is 2.34. The Bertz CT molecular complexity index is 984. The Labute approximate surface area is 170 Å². The molecule has 0 atom stereocenters. The maximum Gasteiger partial charge on any atom is 0.417 e. The molecule has 0 saturated carbocycles. The van der Waals surface area contributed by atoms with E-state index in [-0.39, 0.29) is 15.8 Å². The molecule has 4 nitrogen and oxygen atoms in total. The van der Waals surface area contributed by atoms with Crippen LogP contribution in [0.3, 0.4) is 0 Å². The number of hydrogen-bond donors (Lipinski definition) is 2. The molecule has 9 heteroatoms. The van der Waals surface area contributed by atoms with Gasteiger partial charge in [0, 0.05) is 30.3 Å². The predicted octanol–water partition coefficient (Wildman–Crippen LogP) is 5.34. The van der Waals surface area contributed by atoms with Crippen LogP contribution in [0.15, 0.2) is 54.9 Å². The number of benzene rings is 2. The fraction of sp³-hybridized carbons (Fsp3) is 0.158. The van der Waals surface area contributed by atoms with Gasteiger partial charge >= 0.3 is 6.18 Å². The summed E-state index contributed by atoms with van der Waals surface area (Å²) in [5.74, 6) is 0.887. The number of halogens is 4. The molecular weight excluding hydrogens is 409 g/mol. The lowest BCUT2D eigenvalue weighted by Gasteiger charge is -2.14. The van der Waals surface area contributed by atoms with Crippen LogP contribution in [-0.4, -0.2) is 14.7 Å². The molecule has 0 unspecified atom stereocenters. The van der Waals surface area contributed by atoms with E-state index in [0.717, 1.165) is 23.1 Å². The van der Waals surface area contributed by atoms with Crippen LogP contribution in [0.4, 0.5) is 18.9 Å². The highest BCUT2D eigenvalue weighted by Gasteiger charge is 2.33. The van der Waals surface area contributed by atoms with Gasteiger partial charge in [0.25, 0.3) is 0 Å². The van der Waals surface area contributed by atoms with E-state index in [2.05, 4.69) is 15.6 Å². The van der Waals surface area contributed by atoms with E-state index >= 15 is 0 Å². The van der Waals surface area contributed by atoms with Gasteiger partial charge in [-0.05, 0) is 55.0 Å². The summed E-state index contributed by atoms with van der Waals surface area (Å²) in [6, 6.07) is 11.3. The van der Waals surface area contributed by atoms with Crippen LogP contribution in [-0.2, 0) is 12.7 Å². The first kappa shape index (κ1) is 20.2. The lowest BCUT2D eigenvalue weighted by Crippen LogP contribution is -2.28. The van der Waals surface area contributed by atoms with Crippen molar-refractivity contribution in [2.75, 3.05) is 5.32 Å². The zero-order chi connectivity index (χ0) is 20.3. The van der Waals surface area contributed by atoms with Gasteiger partial charge in [-0.15, -0.1) is 0 Å². The Morgan fingerprint density at radius 3 is 2.50 bits per heavy atom.